The zero-order valence-corrected chi connectivity index (χ0v) is 8.03. The molecule has 1 heterocycles. The zero-order chi connectivity index (χ0) is 10.3. The second-order valence-corrected chi connectivity index (χ2v) is 3.65. The fourth-order valence-corrected chi connectivity index (χ4v) is 1.95. The molecule has 1 aliphatic heterocycles. The second-order valence-electron chi connectivity index (χ2n) is 3.65. The van der Waals surface area contributed by atoms with Crippen LogP contribution in [0, 0.1) is 0 Å². The number of rotatable bonds is 0. The number of carbonyl (C=O) groups is 1. The Morgan fingerprint density at radius 2 is 2.07 bits per heavy atom. The number of anilines is 1. The number of hydrogen-bond donors (Lipinski definition) is 2. The molecule has 1 aliphatic rings. The topological polar surface area (TPSA) is 72.3 Å². The molecule has 4 nitrogen and oxygen atoms in total. The highest BCUT2D eigenvalue weighted by Gasteiger charge is 2.39. The van der Waals surface area contributed by atoms with E-state index in [1.54, 1.807) is 0 Å². The zero-order valence-electron chi connectivity index (χ0n) is 8.03. The van der Waals surface area contributed by atoms with Crippen LogP contribution in [-0.4, -0.2) is 11.7 Å². The number of nitrogens with two attached hydrogens (primary N) is 2. The average molecular weight is 191 g/mol. The first-order chi connectivity index (χ1) is 6.52. The van der Waals surface area contributed by atoms with Crippen LogP contribution in [0.1, 0.15) is 12.5 Å². The maximum atomic E-state index is 11.4. The number of fused-ring (bicyclic) bond motifs is 1. The van der Waals surface area contributed by atoms with Crippen LogP contribution in [0.4, 0.5) is 5.69 Å². The van der Waals surface area contributed by atoms with Gasteiger partial charge in [-0.2, -0.15) is 0 Å². The molecule has 4 heteroatoms. The first-order valence-electron chi connectivity index (χ1n) is 4.49. The number of para-hydroxylation sites is 1. The highest BCUT2D eigenvalue weighted by molar-refractivity contribution is 5.95. The van der Waals surface area contributed by atoms with Crippen molar-refractivity contribution >= 4 is 11.6 Å². The summed E-state index contributed by atoms with van der Waals surface area (Å²) >= 11 is 0. The van der Waals surface area contributed by atoms with Gasteiger partial charge in [0.05, 0.1) is 5.69 Å². The minimum atomic E-state index is -1.07. The Labute approximate surface area is 82.5 Å². The van der Waals surface area contributed by atoms with E-state index < -0.39 is 5.79 Å². The first kappa shape index (κ1) is 9.18. The van der Waals surface area contributed by atoms with E-state index in [0.29, 0.717) is 6.42 Å². The van der Waals surface area contributed by atoms with Crippen LogP contribution in [0.2, 0.25) is 0 Å². The molecule has 1 aromatic carbocycles. The fraction of sp³-hybridized carbons (Fsp3) is 0.300. The van der Waals surface area contributed by atoms with Crippen LogP contribution in [0.5, 0.6) is 0 Å². The summed E-state index contributed by atoms with van der Waals surface area (Å²) in [6, 6.07) is 7.58. The van der Waals surface area contributed by atoms with E-state index in [2.05, 4.69) is 0 Å². The number of benzene rings is 1. The molecule has 1 aromatic rings. The highest BCUT2D eigenvalue weighted by Crippen LogP contribution is 2.33. The minimum absolute atomic E-state index is 0.125. The van der Waals surface area contributed by atoms with Gasteiger partial charge in [-0.05, 0) is 11.6 Å². The van der Waals surface area contributed by atoms with Gasteiger partial charge in [-0.3, -0.25) is 21.2 Å². The molecule has 0 aromatic heterocycles. The summed E-state index contributed by atoms with van der Waals surface area (Å²) in [4.78, 5) is 12.8. The van der Waals surface area contributed by atoms with Crippen molar-refractivity contribution in [2.45, 2.75) is 19.1 Å². The molecule has 14 heavy (non-hydrogen) atoms. The number of amides is 1. The summed E-state index contributed by atoms with van der Waals surface area (Å²) in [5.41, 5.74) is 13.6. The van der Waals surface area contributed by atoms with Gasteiger partial charge < -0.3 is 0 Å². The second kappa shape index (κ2) is 2.80. The van der Waals surface area contributed by atoms with Crippen molar-refractivity contribution in [3.8, 4) is 0 Å². The smallest absolute Gasteiger partial charge is 0.226 e. The Balaban J connectivity index is 2.53. The van der Waals surface area contributed by atoms with E-state index >= 15 is 0 Å². The molecular weight excluding hydrogens is 178 g/mol. The lowest BCUT2D eigenvalue weighted by molar-refractivity contribution is -0.117. The number of nitrogens with zero attached hydrogens (tertiary/aromatic N) is 1. The van der Waals surface area contributed by atoms with Gasteiger partial charge in [0.1, 0.15) is 0 Å². The molecule has 1 amide bonds. The molecule has 0 atom stereocenters. The van der Waals surface area contributed by atoms with Crippen LogP contribution >= 0.6 is 0 Å². The summed E-state index contributed by atoms with van der Waals surface area (Å²) in [6.07, 6.45) is 0.503. The van der Waals surface area contributed by atoms with Gasteiger partial charge in [0.15, 0.2) is 5.79 Å². The maximum Gasteiger partial charge on any atom is 0.226 e. The molecule has 2 rings (SSSR count). The Kier molecular flexibility index (Phi) is 1.83. The molecule has 0 bridgehead atoms. The third-order valence-corrected chi connectivity index (χ3v) is 2.44. The monoisotopic (exact) mass is 191 g/mol. The lowest BCUT2D eigenvalue weighted by Crippen LogP contribution is -2.63. The molecule has 0 fully saturated rings. The summed E-state index contributed by atoms with van der Waals surface area (Å²) in [5, 5.41) is 0. The molecule has 4 N–H and O–H groups in total. The third kappa shape index (κ3) is 1.20. The maximum absolute atomic E-state index is 11.4. The Hall–Kier alpha value is -1.39. The Morgan fingerprint density at radius 1 is 1.43 bits per heavy atom. The molecule has 74 valence electrons. The van der Waals surface area contributed by atoms with Crippen LogP contribution in [0.15, 0.2) is 24.3 Å². The molecule has 0 spiro atoms. The van der Waals surface area contributed by atoms with Gasteiger partial charge in [-0.25, -0.2) is 0 Å². The van der Waals surface area contributed by atoms with Crippen molar-refractivity contribution in [1.29, 1.82) is 0 Å². The van der Waals surface area contributed by atoms with Crippen molar-refractivity contribution < 1.29 is 4.79 Å². The van der Waals surface area contributed by atoms with Crippen molar-refractivity contribution in [3.63, 3.8) is 0 Å². The lowest BCUT2D eigenvalue weighted by atomic mass is 10.1. The van der Waals surface area contributed by atoms with Gasteiger partial charge in [0.2, 0.25) is 5.91 Å². The molecule has 0 unspecified atom stereocenters. The Morgan fingerprint density at radius 3 is 2.71 bits per heavy atom. The van der Waals surface area contributed by atoms with Crippen LogP contribution in [0.3, 0.4) is 0 Å². The quantitative estimate of drug-likeness (QED) is 0.574. The van der Waals surface area contributed by atoms with Crippen molar-refractivity contribution in [2.24, 2.45) is 11.5 Å². The van der Waals surface area contributed by atoms with E-state index in [9.17, 15) is 4.79 Å². The fourth-order valence-electron chi connectivity index (χ4n) is 1.95. The summed E-state index contributed by atoms with van der Waals surface area (Å²) in [6.45, 7) is 1.47. The summed E-state index contributed by atoms with van der Waals surface area (Å²) in [7, 11) is 0. The van der Waals surface area contributed by atoms with Crippen LogP contribution in [0.25, 0.3) is 0 Å². The molecular formula is C10H13N3O. The van der Waals surface area contributed by atoms with Crippen molar-refractivity contribution in [1.82, 2.24) is 0 Å². The minimum Gasteiger partial charge on any atom is -0.296 e. The Bertz CT molecular complexity index is 387. The highest BCUT2D eigenvalue weighted by atomic mass is 16.2. The van der Waals surface area contributed by atoms with E-state index in [4.69, 9.17) is 11.5 Å². The predicted molar refractivity (Wildman–Crippen MR) is 54.4 cm³/mol. The van der Waals surface area contributed by atoms with Gasteiger partial charge in [-0.1, -0.05) is 18.2 Å². The summed E-state index contributed by atoms with van der Waals surface area (Å²) in [5.74, 6) is -1.20. The predicted octanol–water partition coefficient (Wildman–Crippen LogP) is 0.167. The molecule has 0 radical (unpaired) electrons. The van der Waals surface area contributed by atoms with Gasteiger partial charge >= 0.3 is 0 Å². The van der Waals surface area contributed by atoms with Crippen LogP contribution in [-0.2, 0) is 11.2 Å². The third-order valence-electron chi connectivity index (χ3n) is 2.44. The largest absolute Gasteiger partial charge is 0.296 e. The number of carbonyl (C=O) groups excluding carboxylic acids is 1. The van der Waals surface area contributed by atoms with Crippen molar-refractivity contribution in [3.05, 3.63) is 29.8 Å². The lowest BCUT2D eigenvalue weighted by Gasteiger charge is -2.30. The molecule has 0 saturated heterocycles. The van der Waals surface area contributed by atoms with Crippen molar-refractivity contribution in [2.75, 3.05) is 4.90 Å². The van der Waals surface area contributed by atoms with E-state index in [0.717, 1.165) is 11.3 Å². The molecule has 0 saturated carbocycles. The average Bonchev–Trinajstić information content (AvgIpc) is 2.33. The van der Waals surface area contributed by atoms with Gasteiger partial charge in [-0.15, -0.1) is 0 Å². The van der Waals surface area contributed by atoms with E-state index in [1.807, 2.05) is 24.3 Å². The van der Waals surface area contributed by atoms with Gasteiger partial charge in [0, 0.05) is 13.3 Å². The van der Waals surface area contributed by atoms with E-state index in [1.165, 1.54) is 11.8 Å². The standard InChI is InChI=1S/C10H13N3O/c1-7(14)13-9-5-3-2-4-8(9)6-10(13,11)12/h2-5H,6,11-12H2,1H3. The summed E-state index contributed by atoms with van der Waals surface area (Å²) < 4.78 is 0. The van der Waals surface area contributed by atoms with Gasteiger partial charge in [0.25, 0.3) is 0 Å². The number of hydrogen-bond acceptors (Lipinski definition) is 3. The first-order valence-corrected chi connectivity index (χ1v) is 4.49. The normalized spacial score (nSPS) is 18.1. The molecule has 0 aliphatic carbocycles. The SMILES string of the molecule is CC(=O)N1c2ccccc2CC1(N)N. The van der Waals surface area contributed by atoms with Crippen LogP contribution < -0.4 is 16.4 Å². The van der Waals surface area contributed by atoms with E-state index in [-0.39, 0.29) is 5.91 Å².